The molecule has 0 aromatic heterocycles. The molecule has 5 heteroatoms. The lowest BCUT2D eigenvalue weighted by atomic mass is 9.84. The van der Waals surface area contributed by atoms with Gasteiger partial charge in [0.05, 0.1) is 39.6 Å². The molecule has 0 aliphatic carbocycles. The Balaban J connectivity index is 1.00. The zero-order valence-corrected chi connectivity index (χ0v) is 26.1. The molecule has 0 saturated carbocycles. The van der Waals surface area contributed by atoms with Gasteiger partial charge in [-0.3, -0.25) is 0 Å². The average molecular weight is 587 g/mol. The van der Waals surface area contributed by atoms with Gasteiger partial charge in [-0.2, -0.15) is 0 Å². The van der Waals surface area contributed by atoms with Gasteiger partial charge in [-0.25, -0.2) is 0 Å². The summed E-state index contributed by atoms with van der Waals surface area (Å²) in [4.78, 5) is 0. The predicted octanol–water partition coefficient (Wildman–Crippen LogP) is 9.40. The van der Waals surface area contributed by atoms with Crippen LogP contribution in [-0.2, 0) is 9.47 Å². The van der Waals surface area contributed by atoms with E-state index in [-0.39, 0.29) is 0 Å². The van der Waals surface area contributed by atoms with Gasteiger partial charge in [0.2, 0.25) is 0 Å². The summed E-state index contributed by atoms with van der Waals surface area (Å²) >= 11 is 0. The zero-order chi connectivity index (χ0) is 30.0. The molecule has 1 aliphatic heterocycles. The third-order valence-electron chi connectivity index (χ3n) is 8.16. The summed E-state index contributed by atoms with van der Waals surface area (Å²) in [5.41, 5.74) is 3.75. The van der Waals surface area contributed by atoms with E-state index >= 15 is 0 Å². The van der Waals surface area contributed by atoms with E-state index in [2.05, 4.69) is 62.0 Å². The Morgan fingerprint density at radius 1 is 0.605 bits per heavy atom. The van der Waals surface area contributed by atoms with Gasteiger partial charge in [0.1, 0.15) is 17.2 Å². The molecule has 0 spiro atoms. The molecule has 3 aromatic carbocycles. The molecule has 0 bridgehead atoms. The SMILES string of the molecule is C=Cc1ccc(OCCCCCCOc2ccc(-c3ccc(OCCCCCCOCC4(CC)COC4)cc3)cc2)cc1. The van der Waals surface area contributed by atoms with Gasteiger partial charge in [0.15, 0.2) is 0 Å². The molecule has 0 amide bonds. The lowest BCUT2D eigenvalue weighted by Gasteiger charge is -2.40. The van der Waals surface area contributed by atoms with Crippen molar-refractivity contribution >= 4 is 6.08 Å². The van der Waals surface area contributed by atoms with Crippen LogP contribution < -0.4 is 14.2 Å². The number of hydrogen-bond acceptors (Lipinski definition) is 5. The van der Waals surface area contributed by atoms with Crippen molar-refractivity contribution in [2.24, 2.45) is 5.41 Å². The van der Waals surface area contributed by atoms with Gasteiger partial charge < -0.3 is 23.7 Å². The minimum atomic E-state index is 0.291. The fourth-order valence-corrected chi connectivity index (χ4v) is 5.04. The van der Waals surface area contributed by atoms with Crippen molar-refractivity contribution in [1.82, 2.24) is 0 Å². The molecule has 1 saturated heterocycles. The van der Waals surface area contributed by atoms with Gasteiger partial charge in [-0.15, -0.1) is 0 Å². The standard InChI is InChI=1S/C38H50O5/c1-3-32-13-19-35(20-14-32)41-26-11-7-8-12-28-43-37-23-17-34(18-24-37)33-15-21-36(22-16-33)42-27-10-6-5-9-25-39-29-38(4-2)30-40-31-38/h3,13-24H,1,4-12,25-31H2,2H3. The number of unbranched alkanes of at least 4 members (excludes halogenated alkanes) is 6. The highest BCUT2D eigenvalue weighted by atomic mass is 16.5. The van der Waals surface area contributed by atoms with E-state index in [9.17, 15) is 0 Å². The highest BCUT2D eigenvalue weighted by Crippen LogP contribution is 2.31. The fourth-order valence-electron chi connectivity index (χ4n) is 5.04. The summed E-state index contributed by atoms with van der Waals surface area (Å²) < 4.78 is 29.0. The highest BCUT2D eigenvalue weighted by Gasteiger charge is 2.36. The molecule has 5 nitrogen and oxygen atoms in total. The number of rotatable bonds is 22. The Hall–Kier alpha value is -3.28. The van der Waals surface area contributed by atoms with Crippen LogP contribution in [0.15, 0.2) is 79.4 Å². The third-order valence-corrected chi connectivity index (χ3v) is 8.16. The van der Waals surface area contributed by atoms with Crippen LogP contribution in [0.25, 0.3) is 17.2 Å². The first-order valence-corrected chi connectivity index (χ1v) is 16.2. The van der Waals surface area contributed by atoms with Crippen molar-refractivity contribution in [1.29, 1.82) is 0 Å². The van der Waals surface area contributed by atoms with E-state index in [0.29, 0.717) is 5.41 Å². The second-order valence-corrected chi connectivity index (χ2v) is 11.6. The van der Waals surface area contributed by atoms with E-state index < -0.39 is 0 Å². The van der Waals surface area contributed by atoms with Crippen LogP contribution in [0.5, 0.6) is 17.2 Å². The van der Waals surface area contributed by atoms with Gasteiger partial charge in [0.25, 0.3) is 0 Å². The summed E-state index contributed by atoms with van der Waals surface area (Å²) in [7, 11) is 0. The normalized spacial score (nSPS) is 13.7. The summed E-state index contributed by atoms with van der Waals surface area (Å²) in [6.45, 7) is 11.6. The lowest BCUT2D eigenvalue weighted by molar-refractivity contribution is -0.150. The molecule has 1 fully saturated rings. The van der Waals surface area contributed by atoms with Crippen LogP contribution in [-0.4, -0.2) is 46.2 Å². The van der Waals surface area contributed by atoms with Crippen molar-refractivity contribution in [3.05, 3.63) is 84.9 Å². The predicted molar refractivity (Wildman–Crippen MR) is 176 cm³/mol. The monoisotopic (exact) mass is 586 g/mol. The summed E-state index contributed by atoms with van der Waals surface area (Å²) in [5, 5.41) is 0. The summed E-state index contributed by atoms with van der Waals surface area (Å²) in [6.07, 6.45) is 11.9. The first kappa shape index (κ1) is 32.6. The van der Waals surface area contributed by atoms with E-state index in [4.69, 9.17) is 23.7 Å². The minimum absolute atomic E-state index is 0.291. The number of hydrogen-bond donors (Lipinski definition) is 0. The molecule has 0 unspecified atom stereocenters. The van der Waals surface area contributed by atoms with Crippen LogP contribution in [0, 0.1) is 5.41 Å². The van der Waals surface area contributed by atoms with Crippen molar-refractivity contribution in [2.45, 2.75) is 64.7 Å². The summed E-state index contributed by atoms with van der Waals surface area (Å²) in [6, 6.07) is 24.8. The van der Waals surface area contributed by atoms with Crippen LogP contribution >= 0.6 is 0 Å². The smallest absolute Gasteiger partial charge is 0.119 e. The molecule has 0 N–H and O–H groups in total. The first-order chi connectivity index (χ1) is 21.2. The maximum absolute atomic E-state index is 5.96. The molecular weight excluding hydrogens is 536 g/mol. The lowest BCUT2D eigenvalue weighted by Crippen LogP contribution is -2.45. The largest absolute Gasteiger partial charge is 0.494 e. The Morgan fingerprint density at radius 2 is 1.02 bits per heavy atom. The summed E-state index contributed by atoms with van der Waals surface area (Å²) in [5.74, 6) is 2.76. The minimum Gasteiger partial charge on any atom is -0.494 e. The zero-order valence-electron chi connectivity index (χ0n) is 26.1. The van der Waals surface area contributed by atoms with Crippen LogP contribution in [0.1, 0.15) is 70.3 Å². The van der Waals surface area contributed by atoms with E-state index in [1.54, 1.807) is 0 Å². The van der Waals surface area contributed by atoms with Crippen molar-refractivity contribution < 1.29 is 23.7 Å². The molecule has 0 atom stereocenters. The second kappa shape index (κ2) is 18.4. The molecule has 1 heterocycles. The molecular formula is C38H50O5. The fraction of sp³-hybridized carbons (Fsp3) is 0.474. The number of benzene rings is 3. The van der Waals surface area contributed by atoms with Crippen LogP contribution in [0.3, 0.4) is 0 Å². The first-order valence-electron chi connectivity index (χ1n) is 16.2. The number of ether oxygens (including phenoxy) is 5. The Labute approximate surface area is 259 Å². The quantitative estimate of drug-likeness (QED) is 0.110. The molecule has 4 rings (SSSR count). The van der Waals surface area contributed by atoms with Gasteiger partial charge >= 0.3 is 0 Å². The molecule has 0 radical (unpaired) electrons. The average Bonchev–Trinajstić information content (AvgIpc) is 3.03. The van der Waals surface area contributed by atoms with Crippen LogP contribution in [0.2, 0.25) is 0 Å². The molecule has 3 aromatic rings. The van der Waals surface area contributed by atoms with Crippen LogP contribution in [0.4, 0.5) is 0 Å². The van der Waals surface area contributed by atoms with Crippen molar-refractivity contribution in [3.8, 4) is 28.4 Å². The maximum Gasteiger partial charge on any atom is 0.119 e. The van der Waals surface area contributed by atoms with E-state index in [0.717, 1.165) is 114 Å². The van der Waals surface area contributed by atoms with Gasteiger partial charge in [-0.05, 0) is 104 Å². The maximum atomic E-state index is 5.96. The molecule has 1 aliphatic rings. The van der Waals surface area contributed by atoms with Gasteiger partial charge in [-0.1, -0.05) is 62.4 Å². The van der Waals surface area contributed by atoms with Crippen molar-refractivity contribution in [2.75, 3.05) is 46.2 Å². The van der Waals surface area contributed by atoms with Gasteiger partial charge in [0, 0.05) is 12.0 Å². The second-order valence-electron chi connectivity index (χ2n) is 11.6. The third kappa shape index (κ3) is 11.4. The van der Waals surface area contributed by atoms with Crippen molar-refractivity contribution in [3.63, 3.8) is 0 Å². The Kier molecular flexibility index (Phi) is 14.0. The topological polar surface area (TPSA) is 46.2 Å². The van der Waals surface area contributed by atoms with E-state index in [1.807, 2.05) is 30.3 Å². The highest BCUT2D eigenvalue weighted by molar-refractivity contribution is 5.64. The Morgan fingerprint density at radius 3 is 1.40 bits per heavy atom. The molecule has 232 valence electrons. The van der Waals surface area contributed by atoms with E-state index in [1.165, 1.54) is 24.0 Å². The Bertz CT molecular complexity index is 1160. The molecule has 43 heavy (non-hydrogen) atoms.